The summed E-state index contributed by atoms with van der Waals surface area (Å²) < 4.78 is 5.02. The zero-order valence-corrected chi connectivity index (χ0v) is 11.4. The highest BCUT2D eigenvalue weighted by molar-refractivity contribution is 7.15. The smallest absolute Gasteiger partial charge is 0.228 e. The Morgan fingerprint density at radius 2 is 2.29 bits per heavy atom. The summed E-state index contributed by atoms with van der Waals surface area (Å²) in [7, 11) is 1.53. The molecule has 0 spiro atoms. The number of methoxy groups -OCH3 is 1. The molecule has 0 saturated heterocycles. The fourth-order valence-electron chi connectivity index (χ4n) is 1.09. The maximum atomic E-state index is 11.5. The molecule has 0 aromatic carbocycles. The normalized spacial score (nSPS) is 11.7. The molecule has 1 rings (SSSR count). The van der Waals surface area contributed by atoms with Crippen molar-refractivity contribution in [2.24, 2.45) is 5.73 Å². The van der Waals surface area contributed by atoms with E-state index >= 15 is 0 Å². The van der Waals surface area contributed by atoms with Crippen molar-refractivity contribution in [1.29, 1.82) is 0 Å². The van der Waals surface area contributed by atoms with E-state index in [0.717, 1.165) is 11.4 Å². The Balaban J connectivity index is 0.00000256. The van der Waals surface area contributed by atoms with E-state index in [4.69, 9.17) is 10.5 Å². The highest BCUT2D eigenvalue weighted by atomic mass is 35.5. The van der Waals surface area contributed by atoms with Crippen LogP contribution in [0.2, 0.25) is 0 Å². The van der Waals surface area contributed by atoms with Gasteiger partial charge in [-0.2, -0.15) is 0 Å². The number of rotatable bonds is 6. The number of amides is 1. The number of halogens is 1. The van der Waals surface area contributed by atoms with Crippen molar-refractivity contribution >= 4 is 34.8 Å². The Morgan fingerprint density at radius 3 is 2.76 bits per heavy atom. The molecule has 98 valence electrons. The minimum absolute atomic E-state index is 0. The van der Waals surface area contributed by atoms with E-state index in [2.05, 4.69) is 15.5 Å². The second kappa shape index (κ2) is 8.35. The number of aryl methyl sites for hydroxylation is 1. The number of hydrogen-bond donors (Lipinski definition) is 2. The molecule has 0 aliphatic heterocycles. The Bertz CT molecular complexity index is 343. The fourth-order valence-corrected chi connectivity index (χ4v) is 1.78. The van der Waals surface area contributed by atoms with Gasteiger partial charge in [0.2, 0.25) is 11.0 Å². The van der Waals surface area contributed by atoms with Crippen molar-refractivity contribution in [2.45, 2.75) is 25.9 Å². The highest BCUT2D eigenvalue weighted by Gasteiger charge is 2.13. The molecule has 0 bridgehead atoms. The maximum absolute atomic E-state index is 11.5. The topological polar surface area (TPSA) is 90.1 Å². The van der Waals surface area contributed by atoms with E-state index < -0.39 is 0 Å². The third kappa shape index (κ3) is 5.40. The molecular formula is C9H17ClN4O2S. The summed E-state index contributed by atoms with van der Waals surface area (Å²) in [5.74, 6) is -0.156. The molecule has 3 N–H and O–H groups in total. The molecule has 1 unspecified atom stereocenters. The zero-order chi connectivity index (χ0) is 12.0. The van der Waals surface area contributed by atoms with Crippen LogP contribution in [0.3, 0.4) is 0 Å². The van der Waals surface area contributed by atoms with Crippen molar-refractivity contribution in [2.75, 3.05) is 19.0 Å². The van der Waals surface area contributed by atoms with Crippen LogP contribution in [-0.4, -0.2) is 35.9 Å². The number of nitrogens with zero attached hydrogens (tertiary/aromatic N) is 2. The Morgan fingerprint density at radius 1 is 1.59 bits per heavy atom. The summed E-state index contributed by atoms with van der Waals surface area (Å²) in [6.45, 7) is 2.31. The number of nitrogens with one attached hydrogen (secondary N) is 1. The van der Waals surface area contributed by atoms with Gasteiger partial charge in [0.1, 0.15) is 5.01 Å². The predicted molar refractivity (Wildman–Crippen MR) is 69.6 cm³/mol. The van der Waals surface area contributed by atoms with Gasteiger partial charge in [-0.3, -0.25) is 4.79 Å². The maximum Gasteiger partial charge on any atom is 0.228 e. The van der Waals surface area contributed by atoms with Crippen molar-refractivity contribution in [3.63, 3.8) is 0 Å². The van der Waals surface area contributed by atoms with Gasteiger partial charge >= 0.3 is 0 Å². The third-order valence-corrected chi connectivity index (χ3v) is 3.01. The molecule has 0 fully saturated rings. The first kappa shape index (κ1) is 16.2. The van der Waals surface area contributed by atoms with Gasteiger partial charge in [0.05, 0.1) is 12.5 Å². The van der Waals surface area contributed by atoms with Gasteiger partial charge in [-0.15, -0.1) is 22.6 Å². The lowest BCUT2D eigenvalue weighted by atomic mass is 10.2. The molecule has 6 nitrogen and oxygen atoms in total. The third-order valence-electron chi connectivity index (χ3n) is 2.02. The largest absolute Gasteiger partial charge is 0.380 e. The molecule has 17 heavy (non-hydrogen) atoms. The van der Waals surface area contributed by atoms with Gasteiger partial charge in [0.25, 0.3) is 0 Å². The molecule has 0 radical (unpaired) electrons. The van der Waals surface area contributed by atoms with Crippen LogP contribution in [0.25, 0.3) is 0 Å². The molecule has 1 aromatic heterocycles. The average molecular weight is 281 g/mol. The van der Waals surface area contributed by atoms with Gasteiger partial charge in [0, 0.05) is 13.7 Å². The molecule has 8 heteroatoms. The Kier molecular flexibility index (Phi) is 7.98. The number of aromatic nitrogens is 2. The van der Waals surface area contributed by atoms with E-state index in [0.29, 0.717) is 11.7 Å². The second-order valence-electron chi connectivity index (χ2n) is 3.20. The van der Waals surface area contributed by atoms with Crippen molar-refractivity contribution < 1.29 is 9.53 Å². The molecule has 0 aliphatic rings. The number of carbonyl (C=O) groups is 1. The van der Waals surface area contributed by atoms with Crippen LogP contribution in [0.15, 0.2) is 0 Å². The average Bonchev–Trinajstić information content (AvgIpc) is 2.73. The van der Waals surface area contributed by atoms with Crippen molar-refractivity contribution in [1.82, 2.24) is 10.2 Å². The van der Waals surface area contributed by atoms with E-state index in [1.165, 1.54) is 18.4 Å². The minimum atomic E-state index is -0.251. The summed E-state index contributed by atoms with van der Waals surface area (Å²) in [4.78, 5) is 11.5. The van der Waals surface area contributed by atoms with Gasteiger partial charge < -0.3 is 15.8 Å². The molecular weight excluding hydrogens is 264 g/mol. The van der Waals surface area contributed by atoms with E-state index in [1.54, 1.807) is 0 Å². The van der Waals surface area contributed by atoms with Gasteiger partial charge in [0.15, 0.2) is 0 Å². The van der Waals surface area contributed by atoms with Crippen molar-refractivity contribution in [3.8, 4) is 0 Å². The zero-order valence-electron chi connectivity index (χ0n) is 9.80. The number of ether oxygens (including phenoxy) is 1. The van der Waals surface area contributed by atoms with E-state index in [1.807, 2.05) is 6.92 Å². The number of anilines is 1. The van der Waals surface area contributed by atoms with Crippen LogP contribution in [-0.2, 0) is 16.0 Å². The minimum Gasteiger partial charge on any atom is -0.380 e. The molecule has 1 aromatic rings. The Labute approximate surface area is 110 Å². The summed E-state index contributed by atoms with van der Waals surface area (Å²) in [6.07, 6.45) is 0.795. The Hall–Kier alpha value is -0.760. The fraction of sp³-hybridized carbons (Fsp3) is 0.667. The summed E-state index contributed by atoms with van der Waals surface area (Å²) >= 11 is 1.38. The summed E-state index contributed by atoms with van der Waals surface area (Å²) in [6, 6.07) is 0. The van der Waals surface area contributed by atoms with Crippen molar-refractivity contribution in [3.05, 3.63) is 5.01 Å². The van der Waals surface area contributed by atoms with E-state index in [-0.39, 0.29) is 30.8 Å². The standard InChI is InChI=1S/C9H16N4O2S.ClH/c1-3-8-12-13-9(16-8)11-7(14)4-6(5-10)15-2;/h6H,3-5,10H2,1-2H3,(H,11,13,14);1H. The van der Waals surface area contributed by atoms with Gasteiger partial charge in [-0.05, 0) is 6.42 Å². The van der Waals surface area contributed by atoms with Crippen LogP contribution in [0.4, 0.5) is 5.13 Å². The van der Waals surface area contributed by atoms with Gasteiger partial charge in [-0.25, -0.2) is 0 Å². The molecule has 0 saturated carbocycles. The molecule has 0 aliphatic carbocycles. The van der Waals surface area contributed by atoms with Crippen LogP contribution < -0.4 is 11.1 Å². The number of nitrogens with two attached hydrogens (primary N) is 1. The summed E-state index contributed by atoms with van der Waals surface area (Å²) in [5, 5.41) is 11.8. The van der Waals surface area contributed by atoms with Crippen LogP contribution in [0.1, 0.15) is 18.4 Å². The SMILES string of the molecule is CCc1nnc(NC(=O)CC(CN)OC)s1.Cl. The summed E-state index contributed by atoms with van der Waals surface area (Å²) in [5.41, 5.74) is 5.42. The molecule has 1 amide bonds. The van der Waals surface area contributed by atoms with Crippen LogP contribution in [0, 0.1) is 0 Å². The first-order valence-corrected chi connectivity index (χ1v) is 5.86. The quantitative estimate of drug-likeness (QED) is 0.805. The van der Waals surface area contributed by atoms with E-state index in [9.17, 15) is 4.79 Å². The lowest BCUT2D eigenvalue weighted by molar-refractivity contribution is -0.118. The lowest BCUT2D eigenvalue weighted by Gasteiger charge is -2.11. The second-order valence-corrected chi connectivity index (χ2v) is 4.26. The van der Waals surface area contributed by atoms with Crippen LogP contribution >= 0.6 is 23.7 Å². The predicted octanol–water partition coefficient (Wildman–Crippen LogP) is 0.825. The lowest BCUT2D eigenvalue weighted by Crippen LogP contribution is -2.28. The molecule has 1 heterocycles. The highest BCUT2D eigenvalue weighted by Crippen LogP contribution is 2.15. The first-order valence-electron chi connectivity index (χ1n) is 5.04. The van der Waals surface area contributed by atoms with Gasteiger partial charge in [-0.1, -0.05) is 18.3 Å². The monoisotopic (exact) mass is 280 g/mol. The number of carbonyl (C=O) groups excluding carboxylic acids is 1. The van der Waals surface area contributed by atoms with Crippen LogP contribution in [0.5, 0.6) is 0 Å². The molecule has 1 atom stereocenters. The first-order chi connectivity index (χ1) is 7.69. The number of hydrogen-bond acceptors (Lipinski definition) is 6.